The average Bonchev–Trinajstić information content (AvgIpc) is 2.62. The summed E-state index contributed by atoms with van der Waals surface area (Å²) in [5, 5.41) is 13.3. The van der Waals surface area contributed by atoms with Crippen molar-refractivity contribution in [3.05, 3.63) is 51.7 Å². The Morgan fingerprint density at radius 2 is 1.92 bits per heavy atom. The van der Waals surface area contributed by atoms with E-state index in [1.54, 1.807) is 20.3 Å². The fraction of sp³-hybridized carbons (Fsp3) is 0.333. The molecule has 0 aliphatic carbocycles. The van der Waals surface area contributed by atoms with Crippen molar-refractivity contribution in [1.82, 2.24) is 5.32 Å². The highest BCUT2D eigenvalue weighted by molar-refractivity contribution is 9.10. The van der Waals surface area contributed by atoms with E-state index in [-0.39, 0.29) is 5.69 Å². The van der Waals surface area contributed by atoms with Gasteiger partial charge in [0.1, 0.15) is 5.82 Å². The number of nitrogens with two attached hydrogens (primary N) is 1. The number of halogens is 2. The summed E-state index contributed by atoms with van der Waals surface area (Å²) in [5.74, 6) is 0.821. The Hall–Kier alpha value is -1.83. The lowest BCUT2D eigenvalue weighted by Gasteiger charge is -2.14. The van der Waals surface area contributed by atoms with Crippen LogP contribution in [0.1, 0.15) is 17.2 Å². The highest BCUT2D eigenvalue weighted by Gasteiger charge is 2.12. The van der Waals surface area contributed by atoms with E-state index in [1.165, 1.54) is 6.07 Å². The van der Waals surface area contributed by atoms with Crippen LogP contribution in [0.2, 0.25) is 0 Å². The van der Waals surface area contributed by atoms with Crippen LogP contribution in [0.5, 0.6) is 11.5 Å². The van der Waals surface area contributed by atoms with Crippen LogP contribution in [0.15, 0.2) is 34.8 Å². The molecule has 1 unspecified atom stereocenters. The number of rotatable bonds is 8. The lowest BCUT2D eigenvalue weighted by molar-refractivity contribution is 0.174. The Bertz CT molecular complexity index is 704. The highest BCUT2D eigenvalue weighted by atomic mass is 79.9. The molecule has 1 atom stereocenters. The second-order valence-electron chi connectivity index (χ2n) is 5.56. The van der Waals surface area contributed by atoms with Crippen molar-refractivity contribution < 1.29 is 19.0 Å². The third kappa shape index (κ3) is 5.07. The Morgan fingerprint density at radius 3 is 2.56 bits per heavy atom. The van der Waals surface area contributed by atoms with Crippen molar-refractivity contribution in [2.75, 3.05) is 33.0 Å². The maximum absolute atomic E-state index is 13.6. The maximum atomic E-state index is 13.6. The van der Waals surface area contributed by atoms with Crippen molar-refractivity contribution in [1.29, 1.82) is 0 Å². The van der Waals surface area contributed by atoms with E-state index in [4.69, 9.17) is 15.2 Å². The van der Waals surface area contributed by atoms with E-state index >= 15 is 0 Å². The molecule has 0 radical (unpaired) electrons. The van der Waals surface area contributed by atoms with Crippen LogP contribution >= 0.6 is 15.9 Å². The fourth-order valence-electron chi connectivity index (χ4n) is 2.42. The van der Waals surface area contributed by atoms with Gasteiger partial charge >= 0.3 is 0 Å². The van der Waals surface area contributed by atoms with Gasteiger partial charge in [-0.2, -0.15) is 0 Å². The van der Waals surface area contributed by atoms with Gasteiger partial charge in [-0.05, 0) is 64.3 Å². The van der Waals surface area contributed by atoms with Crippen LogP contribution in [0.25, 0.3) is 0 Å². The first-order valence-electron chi connectivity index (χ1n) is 7.80. The van der Waals surface area contributed by atoms with Crippen molar-refractivity contribution in [3.8, 4) is 11.5 Å². The summed E-state index contributed by atoms with van der Waals surface area (Å²) in [6, 6.07) is 8.62. The summed E-state index contributed by atoms with van der Waals surface area (Å²) >= 11 is 3.18. The van der Waals surface area contributed by atoms with Crippen LogP contribution < -0.4 is 20.5 Å². The number of methoxy groups -OCH3 is 2. The molecule has 7 heteroatoms. The van der Waals surface area contributed by atoms with Crippen LogP contribution in [0.4, 0.5) is 10.1 Å². The molecule has 25 heavy (non-hydrogen) atoms. The molecular formula is C18H22BrFN2O3. The molecule has 0 amide bonds. The standard InChI is InChI=1S/C18H22BrFN2O3/c1-24-16-4-3-11(7-17(16)25-2)5-6-22-10-15(23)12-8-13(19)18(21)14(20)9-12/h3-4,7-9,15,22-23H,5-6,10,21H2,1-2H3. The van der Waals surface area contributed by atoms with Gasteiger partial charge < -0.3 is 25.6 Å². The minimum Gasteiger partial charge on any atom is -0.493 e. The van der Waals surface area contributed by atoms with E-state index in [0.717, 1.165) is 12.0 Å². The van der Waals surface area contributed by atoms with Gasteiger partial charge in [-0.15, -0.1) is 0 Å². The topological polar surface area (TPSA) is 76.7 Å². The van der Waals surface area contributed by atoms with Gasteiger partial charge in [-0.25, -0.2) is 4.39 Å². The summed E-state index contributed by atoms with van der Waals surface area (Å²) in [6.07, 6.45) is -0.0656. The van der Waals surface area contributed by atoms with Gasteiger partial charge in [0.25, 0.3) is 0 Å². The third-order valence-corrected chi connectivity index (χ3v) is 4.52. The molecule has 0 bridgehead atoms. The Kier molecular flexibility index (Phi) is 7.04. The average molecular weight is 413 g/mol. The first kappa shape index (κ1) is 19.5. The zero-order valence-electron chi connectivity index (χ0n) is 14.2. The lowest BCUT2D eigenvalue weighted by atomic mass is 10.1. The van der Waals surface area contributed by atoms with Crippen LogP contribution in [0.3, 0.4) is 0 Å². The van der Waals surface area contributed by atoms with Crippen molar-refractivity contribution in [3.63, 3.8) is 0 Å². The molecule has 0 fully saturated rings. The molecule has 0 aliphatic rings. The fourth-order valence-corrected chi connectivity index (χ4v) is 2.88. The van der Waals surface area contributed by atoms with Crippen LogP contribution in [-0.2, 0) is 6.42 Å². The SMILES string of the molecule is COc1ccc(CCNCC(O)c2cc(F)c(N)c(Br)c2)cc1OC. The molecule has 0 heterocycles. The minimum absolute atomic E-state index is 0.0392. The molecule has 4 N–H and O–H groups in total. The monoisotopic (exact) mass is 412 g/mol. The van der Waals surface area contributed by atoms with Gasteiger partial charge in [0.2, 0.25) is 0 Å². The quantitative estimate of drug-likeness (QED) is 0.458. The van der Waals surface area contributed by atoms with Crippen LogP contribution in [-0.4, -0.2) is 32.4 Å². The van der Waals surface area contributed by atoms with Gasteiger partial charge in [0, 0.05) is 11.0 Å². The van der Waals surface area contributed by atoms with Gasteiger partial charge in [0.15, 0.2) is 11.5 Å². The number of benzene rings is 2. The molecule has 2 aromatic carbocycles. The Morgan fingerprint density at radius 1 is 1.20 bits per heavy atom. The van der Waals surface area contributed by atoms with E-state index < -0.39 is 11.9 Å². The van der Waals surface area contributed by atoms with E-state index in [2.05, 4.69) is 21.2 Å². The predicted molar refractivity (Wildman–Crippen MR) is 99.6 cm³/mol. The van der Waals surface area contributed by atoms with Gasteiger partial charge in [-0.3, -0.25) is 0 Å². The summed E-state index contributed by atoms with van der Waals surface area (Å²) < 4.78 is 24.6. The molecule has 0 saturated heterocycles. The molecule has 2 aromatic rings. The van der Waals surface area contributed by atoms with Crippen molar-refractivity contribution >= 4 is 21.6 Å². The first-order chi connectivity index (χ1) is 12.0. The number of aliphatic hydroxyl groups excluding tert-OH is 1. The number of anilines is 1. The molecular weight excluding hydrogens is 391 g/mol. The molecule has 0 saturated carbocycles. The number of nitrogen functional groups attached to an aromatic ring is 1. The van der Waals surface area contributed by atoms with E-state index in [1.807, 2.05) is 18.2 Å². The zero-order chi connectivity index (χ0) is 18.4. The summed E-state index contributed by atoms with van der Waals surface area (Å²) in [4.78, 5) is 0. The molecule has 0 spiro atoms. The smallest absolute Gasteiger partial charge is 0.160 e. The molecule has 0 aromatic heterocycles. The van der Waals surface area contributed by atoms with Gasteiger partial charge in [0.05, 0.1) is 26.0 Å². The second kappa shape index (κ2) is 9.03. The third-order valence-electron chi connectivity index (χ3n) is 3.86. The number of nitrogens with one attached hydrogen (secondary N) is 1. The van der Waals surface area contributed by atoms with E-state index in [9.17, 15) is 9.50 Å². The number of hydrogen-bond acceptors (Lipinski definition) is 5. The largest absolute Gasteiger partial charge is 0.493 e. The molecule has 0 aliphatic heterocycles. The molecule has 2 rings (SSSR count). The maximum Gasteiger partial charge on any atom is 0.160 e. The first-order valence-corrected chi connectivity index (χ1v) is 8.59. The minimum atomic E-state index is -0.822. The Balaban J connectivity index is 1.87. The molecule has 136 valence electrons. The van der Waals surface area contributed by atoms with Crippen LogP contribution in [0, 0.1) is 5.82 Å². The summed E-state index contributed by atoms with van der Waals surface area (Å²) in [6.45, 7) is 0.967. The van der Waals surface area contributed by atoms with Crippen molar-refractivity contribution in [2.45, 2.75) is 12.5 Å². The second-order valence-corrected chi connectivity index (χ2v) is 6.41. The molecule has 5 nitrogen and oxygen atoms in total. The Labute approximate surface area is 155 Å². The van der Waals surface area contributed by atoms with Crippen molar-refractivity contribution in [2.24, 2.45) is 0 Å². The van der Waals surface area contributed by atoms with Gasteiger partial charge in [-0.1, -0.05) is 6.07 Å². The normalized spacial score (nSPS) is 12.0. The number of hydrogen-bond donors (Lipinski definition) is 3. The number of aliphatic hydroxyl groups is 1. The predicted octanol–water partition coefficient (Wildman–Crippen LogP) is 3.05. The summed E-state index contributed by atoms with van der Waals surface area (Å²) in [7, 11) is 3.19. The highest BCUT2D eigenvalue weighted by Crippen LogP contribution is 2.28. The van der Waals surface area contributed by atoms with E-state index in [0.29, 0.717) is 34.6 Å². The summed E-state index contributed by atoms with van der Waals surface area (Å²) in [5.41, 5.74) is 7.14. The number of ether oxygens (including phenoxy) is 2. The lowest BCUT2D eigenvalue weighted by Crippen LogP contribution is -2.24. The zero-order valence-corrected chi connectivity index (χ0v) is 15.8.